The minimum absolute atomic E-state index is 0.0293. The van der Waals surface area contributed by atoms with Gasteiger partial charge in [-0.1, -0.05) is 58.2 Å². The van der Waals surface area contributed by atoms with Crippen LogP contribution in [0.15, 0.2) is 47.3 Å². The molecule has 0 saturated carbocycles. The molecule has 0 saturated heterocycles. The van der Waals surface area contributed by atoms with E-state index in [-0.39, 0.29) is 23.4 Å². The number of aromatic nitrogens is 2. The summed E-state index contributed by atoms with van der Waals surface area (Å²) >= 11 is 0. The normalized spacial score (nSPS) is 12.9. The lowest BCUT2D eigenvalue weighted by molar-refractivity contribution is -0.138. The molecule has 1 heterocycles. The van der Waals surface area contributed by atoms with Crippen LogP contribution in [0, 0.1) is 12.8 Å². The smallest absolute Gasteiger partial charge is 0.266 e. The van der Waals surface area contributed by atoms with Crippen LogP contribution in [0.25, 0.3) is 16.6 Å². The topological polar surface area (TPSA) is 64.4 Å². The average Bonchev–Trinajstić information content (AvgIpc) is 2.89. The van der Waals surface area contributed by atoms with E-state index in [1.165, 1.54) is 0 Å². The number of rotatable bonds is 12. The molecule has 2 unspecified atom stereocenters. The van der Waals surface area contributed by atoms with Gasteiger partial charge >= 0.3 is 0 Å². The summed E-state index contributed by atoms with van der Waals surface area (Å²) in [4.78, 5) is 34.7. The van der Waals surface area contributed by atoms with Crippen molar-refractivity contribution in [1.29, 1.82) is 0 Å². The molecule has 0 N–H and O–H groups in total. The predicted octanol–water partition coefficient (Wildman–Crippen LogP) is 6.61. The third-order valence-electron chi connectivity index (χ3n) is 7.00. The van der Waals surface area contributed by atoms with E-state index in [9.17, 15) is 9.59 Å². The zero-order valence-electron chi connectivity index (χ0n) is 22.7. The molecule has 2 aromatic carbocycles. The van der Waals surface area contributed by atoms with E-state index in [4.69, 9.17) is 9.72 Å². The molecular formula is C30H41N3O3. The van der Waals surface area contributed by atoms with Gasteiger partial charge in [-0.05, 0) is 62.9 Å². The van der Waals surface area contributed by atoms with Crippen molar-refractivity contribution >= 4 is 16.8 Å². The number of hydrogen-bond donors (Lipinski definition) is 0. The first-order chi connectivity index (χ1) is 17.4. The Morgan fingerprint density at radius 1 is 1.08 bits per heavy atom. The van der Waals surface area contributed by atoms with Gasteiger partial charge in [-0.15, -0.1) is 0 Å². The van der Waals surface area contributed by atoms with E-state index in [1.807, 2.05) is 55.1 Å². The molecule has 0 aliphatic carbocycles. The Hall–Kier alpha value is -3.15. The van der Waals surface area contributed by atoms with Gasteiger partial charge in [-0.25, -0.2) is 4.98 Å². The lowest BCUT2D eigenvalue weighted by Gasteiger charge is -2.33. The van der Waals surface area contributed by atoms with E-state index in [0.717, 1.165) is 44.1 Å². The monoisotopic (exact) mass is 491 g/mol. The van der Waals surface area contributed by atoms with Gasteiger partial charge in [0.25, 0.3) is 5.56 Å². The van der Waals surface area contributed by atoms with E-state index in [0.29, 0.717) is 34.7 Å². The van der Waals surface area contributed by atoms with Crippen molar-refractivity contribution in [3.05, 3.63) is 64.2 Å². The van der Waals surface area contributed by atoms with Gasteiger partial charge in [0.2, 0.25) is 5.91 Å². The molecular weight excluding hydrogens is 450 g/mol. The molecule has 0 fully saturated rings. The minimum Gasteiger partial charge on any atom is -0.495 e. The largest absolute Gasteiger partial charge is 0.495 e. The molecule has 1 aromatic heterocycles. The number of unbranched alkanes of at least 4 members (excludes halogenated alkanes) is 2. The Balaban J connectivity index is 2.24. The maximum atomic E-state index is 13.9. The van der Waals surface area contributed by atoms with Gasteiger partial charge in [0.05, 0.1) is 29.7 Å². The predicted molar refractivity (Wildman–Crippen MR) is 147 cm³/mol. The van der Waals surface area contributed by atoms with Gasteiger partial charge in [-0.2, -0.15) is 0 Å². The van der Waals surface area contributed by atoms with Crippen LogP contribution < -0.4 is 10.3 Å². The minimum atomic E-state index is -0.387. The van der Waals surface area contributed by atoms with E-state index >= 15 is 0 Å². The van der Waals surface area contributed by atoms with Gasteiger partial charge in [0, 0.05) is 12.5 Å². The van der Waals surface area contributed by atoms with Crippen molar-refractivity contribution in [2.45, 2.75) is 79.2 Å². The number of ether oxygens (including phenoxy) is 1. The van der Waals surface area contributed by atoms with Crippen LogP contribution in [0.1, 0.15) is 83.6 Å². The molecule has 6 nitrogen and oxygen atoms in total. The van der Waals surface area contributed by atoms with Gasteiger partial charge in [0.1, 0.15) is 11.6 Å². The highest BCUT2D eigenvalue weighted by Gasteiger charge is 2.30. The number of carbonyl (C=O) groups is 1. The summed E-state index contributed by atoms with van der Waals surface area (Å²) < 4.78 is 7.31. The Labute approximate surface area is 215 Å². The number of hydrogen-bond acceptors (Lipinski definition) is 4. The molecule has 194 valence electrons. The number of aryl methyl sites for hydroxylation is 1. The van der Waals surface area contributed by atoms with Crippen molar-refractivity contribution < 1.29 is 9.53 Å². The second-order valence-corrected chi connectivity index (χ2v) is 9.61. The van der Waals surface area contributed by atoms with Crippen molar-refractivity contribution in [2.24, 2.45) is 5.92 Å². The van der Waals surface area contributed by atoms with Crippen LogP contribution in [0.4, 0.5) is 0 Å². The highest BCUT2D eigenvalue weighted by molar-refractivity contribution is 5.80. The van der Waals surface area contributed by atoms with Crippen molar-refractivity contribution in [1.82, 2.24) is 14.5 Å². The Morgan fingerprint density at radius 3 is 2.47 bits per heavy atom. The standard InChI is InChI=1S/C30H41N3O3/c1-7-10-14-23(9-3)29(34)32(19-11-8-2)22(5)28-31-25-16-13-12-15-24(25)30(35)33(28)26-20-21(4)17-18-27(26)36-6/h12-13,15-18,20,22-23H,7-11,14,19H2,1-6H3. The molecule has 0 spiro atoms. The second-order valence-electron chi connectivity index (χ2n) is 9.61. The SMILES string of the molecule is CCCCC(CC)C(=O)N(CCCC)C(C)c1nc2ccccc2c(=O)n1-c1cc(C)ccc1OC. The Bertz CT molecular complexity index is 1230. The number of benzene rings is 2. The number of methoxy groups -OCH3 is 1. The van der Waals surface area contributed by atoms with Crippen LogP contribution in [-0.4, -0.2) is 34.0 Å². The summed E-state index contributed by atoms with van der Waals surface area (Å²) in [6.45, 7) is 11.0. The Morgan fingerprint density at radius 2 is 1.81 bits per heavy atom. The fourth-order valence-corrected chi connectivity index (χ4v) is 4.79. The molecule has 0 bridgehead atoms. The molecule has 0 radical (unpaired) electrons. The lowest BCUT2D eigenvalue weighted by Crippen LogP contribution is -2.41. The van der Waals surface area contributed by atoms with Gasteiger partial charge in [-0.3, -0.25) is 14.2 Å². The van der Waals surface area contributed by atoms with Gasteiger partial charge in [0.15, 0.2) is 0 Å². The molecule has 3 rings (SSSR count). The summed E-state index contributed by atoms with van der Waals surface area (Å²) in [7, 11) is 1.60. The third kappa shape index (κ3) is 5.80. The zero-order chi connectivity index (χ0) is 26.2. The summed E-state index contributed by atoms with van der Waals surface area (Å²) in [5, 5.41) is 0.540. The molecule has 2 atom stereocenters. The number of nitrogens with zero attached hydrogens (tertiary/aromatic N) is 3. The van der Waals surface area contributed by atoms with Crippen molar-refractivity contribution in [3.8, 4) is 11.4 Å². The molecule has 36 heavy (non-hydrogen) atoms. The van der Waals surface area contributed by atoms with Crippen LogP contribution in [-0.2, 0) is 4.79 Å². The van der Waals surface area contributed by atoms with Crippen LogP contribution in [0.2, 0.25) is 0 Å². The van der Waals surface area contributed by atoms with E-state index < -0.39 is 0 Å². The third-order valence-corrected chi connectivity index (χ3v) is 7.00. The highest BCUT2D eigenvalue weighted by Crippen LogP contribution is 2.30. The molecule has 0 aliphatic rings. The van der Waals surface area contributed by atoms with Crippen LogP contribution in [0.3, 0.4) is 0 Å². The number of para-hydroxylation sites is 1. The number of amides is 1. The van der Waals surface area contributed by atoms with Crippen LogP contribution in [0.5, 0.6) is 5.75 Å². The Kier molecular flexibility index (Phi) is 9.68. The maximum absolute atomic E-state index is 13.9. The first-order valence-electron chi connectivity index (χ1n) is 13.3. The van der Waals surface area contributed by atoms with Crippen molar-refractivity contribution in [3.63, 3.8) is 0 Å². The highest BCUT2D eigenvalue weighted by atomic mass is 16.5. The zero-order valence-corrected chi connectivity index (χ0v) is 22.7. The summed E-state index contributed by atoms with van der Waals surface area (Å²) in [6, 6.07) is 12.8. The number of fused-ring (bicyclic) bond motifs is 1. The quantitative estimate of drug-likeness (QED) is 0.286. The molecule has 3 aromatic rings. The molecule has 0 aliphatic heterocycles. The van der Waals surface area contributed by atoms with E-state index in [1.54, 1.807) is 17.7 Å². The molecule has 6 heteroatoms. The average molecular weight is 492 g/mol. The van der Waals surface area contributed by atoms with Crippen molar-refractivity contribution in [2.75, 3.05) is 13.7 Å². The van der Waals surface area contributed by atoms with E-state index in [2.05, 4.69) is 20.8 Å². The first-order valence-corrected chi connectivity index (χ1v) is 13.3. The maximum Gasteiger partial charge on any atom is 0.266 e. The van der Waals surface area contributed by atoms with Crippen LogP contribution >= 0.6 is 0 Å². The summed E-state index contributed by atoms with van der Waals surface area (Å²) in [5.74, 6) is 1.27. The fourth-order valence-electron chi connectivity index (χ4n) is 4.79. The van der Waals surface area contributed by atoms with Gasteiger partial charge < -0.3 is 9.64 Å². The first kappa shape index (κ1) is 27.4. The number of carbonyl (C=O) groups excluding carboxylic acids is 1. The fraction of sp³-hybridized carbons (Fsp3) is 0.500. The summed E-state index contributed by atoms with van der Waals surface area (Å²) in [6.07, 6.45) is 5.65. The summed E-state index contributed by atoms with van der Waals surface area (Å²) in [5.41, 5.74) is 2.12. The lowest BCUT2D eigenvalue weighted by atomic mass is 9.96. The molecule has 1 amide bonds. The second kappa shape index (κ2) is 12.7.